The maximum atomic E-state index is 12.8. The highest BCUT2D eigenvalue weighted by Crippen LogP contribution is 2.68. The summed E-state index contributed by atoms with van der Waals surface area (Å²) >= 11 is 0. The zero-order chi connectivity index (χ0) is 17.7. The van der Waals surface area contributed by atoms with E-state index in [1.165, 1.54) is 12.8 Å². The molecule has 1 N–H and O–H groups in total. The Bertz CT molecular complexity index is 426. The van der Waals surface area contributed by atoms with Crippen molar-refractivity contribution in [3.8, 4) is 0 Å². The highest BCUT2D eigenvalue weighted by atomic mass is 16.3. The van der Waals surface area contributed by atoms with Crippen LogP contribution in [0.4, 0.5) is 0 Å². The summed E-state index contributed by atoms with van der Waals surface area (Å²) in [6.45, 7) is 15.0. The summed E-state index contributed by atoms with van der Waals surface area (Å²) in [5.74, 6) is 1.49. The van der Waals surface area contributed by atoms with E-state index in [-0.39, 0.29) is 10.8 Å². The lowest BCUT2D eigenvalue weighted by atomic mass is 9.39. The molecule has 0 heterocycles. The highest BCUT2D eigenvalue weighted by Gasteiger charge is 2.63. The van der Waals surface area contributed by atoms with Gasteiger partial charge in [-0.25, -0.2) is 0 Å². The van der Waals surface area contributed by atoms with E-state index in [0.717, 1.165) is 32.1 Å². The Labute approximate surface area is 143 Å². The lowest BCUT2D eigenvalue weighted by molar-refractivity contribution is -0.216. The Morgan fingerprint density at radius 3 is 1.96 bits per heavy atom. The van der Waals surface area contributed by atoms with Crippen molar-refractivity contribution in [2.24, 2.45) is 28.1 Å². The van der Waals surface area contributed by atoms with E-state index in [2.05, 4.69) is 34.6 Å². The van der Waals surface area contributed by atoms with Gasteiger partial charge in [0.1, 0.15) is 5.78 Å². The predicted octanol–water partition coefficient (Wildman–Crippen LogP) is 5.38. The van der Waals surface area contributed by atoms with Crippen LogP contribution in [0, 0.1) is 28.1 Å². The fourth-order valence-corrected chi connectivity index (χ4v) is 5.84. The Hall–Kier alpha value is -0.370. The van der Waals surface area contributed by atoms with Gasteiger partial charge < -0.3 is 5.11 Å². The summed E-state index contributed by atoms with van der Waals surface area (Å²) in [6, 6.07) is 0. The molecule has 0 aromatic heterocycles. The number of Topliss-reactive ketones (excluding diaryl/α,β-unsaturated/α-hetero) is 1. The molecule has 0 aromatic rings. The average molecular weight is 323 g/mol. The number of hydrogen-bond acceptors (Lipinski definition) is 2. The first-order valence-electron chi connectivity index (χ1n) is 9.78. The molecule has 0 spiro atoms. The van der Waals surface area contributed by atoms with Gasteiger partial charge >= 0.3 is 0 Å². The Morgan fingerprint density at radius 2 is 1.57 bits per heavy atom. The molecule has 4 aliphatic carbocycles. The first-order chi connectivity index (χ1) is 10.5. The van der Waals surface area contributed by atoms with Crippen LogP contribution in [-0.2, 0) is 4.79 Å². The summed E-state index contributed by atoms with van der Waals surface area (Å²) in [4.78, 5) is 12.8. The van der Waals surface area contributed by atoms with Gasteiger partial charge in [-0.2, -0.15) is 0 Å². The smallest absolute Gasteiger partial charge is 0.139 e. The molecule has 0 aliphatic heterocycles. The van der Waals surface area contributed by atoms with Gasteiger partial charge in [-0.3, -0.25) is 4.79 Å². The van der Waals surface area contributed by atoms with Crippen molar-refractivity contribution in [2.75, 3.05) is 0 Å². The summed E-state index contributed by atoms with van der Waals surface area (Å²) in [7, 11) is 0. The molecule has 0 radical (unpaired) electrons. The predicted molar refractivity (Wildman–Crippen MR) is 96.3 cm³/mol. The number of carbonyl (C=O) groups is 1. The van der Waals surface area contributed by atoms with Crippen LogP contribution in [0.2, 0.25) is 0 Å². The molecule has 4 aliphatic rings. The van der Waals surface area contributed by atoms with Crippen LogP contribution in [-0.4, -0.2) is 16.5 Å². The van der Waals surface area contributed by atoms with E-state index in [1.807, 2.05) is 13.8 Å². The van der Waals surface area contributed by atoms with Gasteiger partial charge in [-0.05, 0) is 61.2 Å². The Balaban J connectivity index is 0.000000924. The quantitative estimate of drug-likeness (QED) is 0.755. The lowest BCUT2D eigenvalue weighted by Gasteiger charge is -2.66. The summed E-state index contributed by atoms with van der Waals surface area (Å²) in [5, 5.41) is 10.9. The second kappa shape index (κ2) is 5.86. The molecule has 2 atom stereocenters. The molecule has 4 fully saturated rings. The second-order valence-corrected chi connectivity index (χ2v) is 9.77. The van der Waals surface area contributed by atoms with Crippen LogP contribution in [0.3, 0.4) is 0 Å². The standard InChI is InChI=1S/C19H32O2.C2H6/c1-6-16(2,3)15(20)11-18(5)13-7-17(4)8-14(18)10-19(21,9-13)12-17;1-2/h13-14,21H,6-12H2,1-5H3;1-2H3. The van der Waals surface area contributed by atoms with Crippen molar-refractivity contribution in [2.45, 2.75) is 99.0 Å². The van der Waals surface area contributed by atoms with Crippen molar-refractivity contribution in [1.82, 2.24) is 0 Å². The third kappa shape index (κ3) is 3.13. The molecule has 2 unspecified atom stereocenters. The largest absolute Gasteiger partial charge is 0.390 e. The van der Waals surface area contributed by atoms with Crippen molar-refractivity contribution >= 4 is 5.78 Å². The molecule has 134 valence electrons. The molecule has 4 bridgehead atoms. The second-order valence-electron chi connectivity index (χ2n) is 9.77. The zero-order valence-electron chi connectivity index (χ0n) is 16.5. The van der Waals surface area contributed by atoms with Crippen LogP contribution < -0.4 is 0 Å². The number of hydrogen-bond donors (Lipinski definition) is 1. The molecular formula is C21H38O2. The van der Waals surface area contributed by atoms with Crippen molar-refractivity contribution in [3.05, 3.63) is 0 Å². The number of ketones is 1. The van der Waals surface area contributed by atoms with E-state index in [0.29, 0.717) is 23.0 Å². The number of carbonyl (C=O) groups excluding carboxylic acids is 1. The summed E-state index contributed by atoms with van der Waals surface area (Å²) < 4.78 is 0. The Kier molecular flexibility index (Phi) is 4.83. The van der Waals surface area contributed by atoms with Crippen LogP contribution in [0.1, 0.15) is 93.4 Å². The van der Waals surface area contributed by atoms with E-state index in [9.17, 15) is 9.90 Å². The van der Waals surface area contributed by atoms with Crippen LogP contribution in [0.5, 0.6) is 0 Å². The normalized spacial score (nSPS) is 44.7. The zero-order valence-corrected chi connectivity index (χ0v) is 16.5. The first kappa shape index (κ1) is 19.0. The van der Waals surface area contributed by atoms with Crippen molar-refractivity contribution in [1.29, 1.82) is 0 Å². The maximum absolute atomic E-state index is 12.8. The molecule has 2 nitrogen and oxygen atoms in total. The van der Waals surface area contributed by atoms with E-state index >= 15 is 0 Å². The number of rotatable bonds is 4. The summed E-state index contributed by atoms with van der Waals surface area (Å²) in [6.07, 6.45) is 6.89. The van der Waals surface area contributed by atoms with Crippen LogP contribution in [0.15, 0.2) is 0 Å². The average Bonchev–Trinajstić information content (AvgIpc) is 2.44. The molecule has 4 saturated carbocycles. The molecule has 0 saturated heterocycles. The van der Waals surface area contributed by atoms with Gasteiger partial charge in [0.25, 0.3) is 0 Å². The molecular weight excluding hydrogens is 284 g/mol. The fourth-order valence-electron chi connectivity index (χ4n) is 5.84. The fraction of sp³-hybridized carbons (Fsp3) is 0.952. The van der Waals surface area contributed by atoms with E-state index in [4.69, 9.17) is 0 Å². The molecule has 0 amide bonds. The third-order valence-electron chi connectivity index (χ3n) is 7.53. The van der Waals surface area contributed by atoms with Gasteiger partial charge in [0.05, 0.1) is 5.60 Å². The minimum Gasteiger partial charge on any atom is -0.390 e. The lowest BCUT2D eigenvalue weighted by Crippen LogP contribution is -2.62. The monoisotopic (exact) mass is 322 g/mol. The maximum Gasteiger partial charge on any atom is 0.139 e. The van der Waals surface area contributed by atoms with Gasteiger partial charge in [0.15, 0.2) is 0 Å². The highest BCUT2D eigenvalue weighted by molar-refractivity contribution is 5.84. The van der Waals surface area contributed by atoms with Gasteiger partial charge in [0, 0.05) is 11.8 Å². The minimum atomic E-state index is -0.427. The SMILES string of the molecule is CC.CCC(C)(C)C(=O)CC1(C)C2CC3(C)CC1CC(O)(C2)C3. The van der Waals surface area contributed by atoms with Crippen LogP contribution in [0.25, 0.3) is 0 Å². The first-order valence-corrected chi connectivity index (χ1v) is 9.78. The summed E-state index contributed by atoms with van der Waals surface area (Å²) in [5.41, 5.74) is -0.180. The molecule has 2 heteroatoms. The van der Waals surface area contributed by atoms with Gasteiger partial charge in [-0.15, -0.1) is 0 Å². The van der Waals surface area contributed by atoms with Crippen molar-refractivity contribution < 1.29 is 9.90 Å². The minimum absolute atomic E-state index is 0.121. The molecule has 23 heavy (non-hydrogen) atoms. The van der Waals surface area contributed by atoms with Gasteiger partial charge in [-0.1, -0.05) is 48.5 Å². The topological polar surface area (TPSA) is 37.3 Å². The Morgan fingerprint density at radius 1 is 1.09 bits per heavy atom. The van der Waals surface area contributed by atoms with E-state index < -0.39 is 5.60 Å². The van der Waals surface area contributed by atoms with E-state index in [1.54, 1.807) is 0 Å². The third-order valence-corrected chi connectivity index (χ3v) is 7.53. The molecule has 4 rings (SSSR count). The number of aliphatic hydroxyl groups is 1. The van der Waals surface area contributed by atoms with Crippen molar-refractivity contribution in [3.63, 3.8) is 0 Å². The molecule has 0 aromatic carbocycles. The van der Waals surface area contributed by atoms with Crippen LogP contribution >= 0.6 is 0 Å². The van der Waals surface area contributed by atoms with Gasteiger partial charge in [0.2, 0.25) is 0 Å².